The molecule has 2 unspecified atom stereocenters. The summed E-state index contributed by atoms with van der Waals surface area (Å²) in [6.07, 6.45) is 5.52. The predicted molar refractivity (Wildman–Crippen MR) is 107 cm³/mol. The van der Waals surface area contributed by atoms with Gasteiger partial charge >= 0.3 is 0 Å². The van der Waals surface area contributed by atoms with E-state index in [4.69, 9.17) is 23.1 Å². The fourth-order valence-corrected chi connectivity index (χ4v) is 4.10. The van der Waals surface area contributed by atoms with E-state index in [-0.39, 0.29) is 12.0 Å². The van der Waals surface area contributed by atoms with Gasteiger partial charge in [-0.15, -0.1) is 0 Å². The minimum absolute atomic E-state index is 0.0562. The Balaban J connectivity index is 1.76. The van der Waals surface area contributed by atoms with Gasteiger partial charge in [0.05, 0.1) is 11.8 Å². The summed E-state index contributed by atoms with van der Waals surface area (Å²) in [5.41, 5.74) is 4.82. The maximum absolute atomic E-state index is 6.33. The van der Waals surface area contributed by atoms with Crippen molar-refractivity contribution in [2.45, 2.75) is 25.3 Å². The SMILES string of the molecule is NN1C(=S)N=C2C(=Cc3ccccc3)CCCC2C1c1ccccc1. The van der Waals surface area contributed by atoms with Crippen LogP contribution in [0.5, 0.6) is 0 Å². The van der Waals surface area contributed by atoms with Gasteiger partial charge in [-0.25, -0.2) is 10.8 Å². The van der Waals surface area contributed by atoms with Gasteiger partial charge in [0, 0.05) is 5.92 Å². The van der Waals surface area contributed by atoms with Crippen molar-refractivity contribution in [3.05, 3.63) is 77.4 Å². The van der Waals surface area contributed by atoms with Crippen LogP contribution in [0, 0.1) is 5.92 Å². The third kappa shape index (κ3) is 3.15. The van der Waals surface area contributed by atoms with Crippen LogP contribution in [0.25, 0.3) is 6.08 Å². The van der Waals surface area contributed by atoms with Crippen LogP contribution in [0.1, 0.15) is 36.4 Å². The highest BCUT2D eigenvalue weighted by atomic mass is 32.1. The van der Waals surface area contributed by atoms with Crippen molar-refractivity contribution in [2.24, 2.45) is 16.8 Å². The number of rotatable bonds is 2. The van der Waals surface area contributed by atoms with Crippen molar-refractivity contribution in [3.8, 4) is 0 Å². The Hall–Kier alpha value is -2.30. The van der Waals surface area contributed by atoms with Crippen LogP contribution in [0.2, 0.25) is 0 Å². The molecule has 2 aromatic rings. The number of hydrogen-bond donors (Lipinski definition) is 1. The number of fused-ring (bicyclic) bond motifs is 1. The normalized spacial score (nSPS) is 24.8. The molecular formula is C21H21N3S. The molecule has 1 aliphatic carbocycles. The highest BCUT2D eigenvalue weighted by molar-refractivity contribution is 7.80. The largest absolute Gasteiger partial charge is 0.277 e. The van der Waals surface area contributed by atoms with Crippen molar-refractivity contribution in [2.75, 3.05) is 0 Å². The van der Waals surface area contributed by atoms with E-state index in [0.717, 1.165) is 25.0 Å². The molecule has 2 aliphatic rings. The first-order valence-corrected chi connectivity index (χ1v) is 9.12. The second-order valence-electron chi connectivity index (χ2n) is 6.62. The quantitative estimate of drug-likeness (QED) is 0.641. The van der Waals surface area contributed by atoms with Crippen LogP contribution < -0.4 is 5.84 Å². The van der Waals surface area contributed by atoms with Crippen LogP contribution in [-0.2, 0) is 0 Å². The molecule has 4 heteroatoms. The maximum Gasteiger partial charge on any atom is 0.210 e. The number of hydrazine groups is 1. The Kier molecular flexibility index (Phi) is 4.47. The molecule has 0 radical (unpaired) electrons. The number of benzene rings is 2. The Bertz CT molecular complexity index is 827. The third-order valence-corrected chi connectivity index (χ3v) is 5.34. The zero-order chi connectivity index (χ0) is 17.2. The number of nitrogens with zero attached hydrogens (tertiary/aromatic N) is 2. The summed E-state index contributed by atoms with van der Waals surface area (Å²) in [6, 6.07) is 20.9. The zero-order valence-corrected chi connectivity index (χ0v) is 14.8. The van der Waals surface area contributed by atoms with Gasteiger partial charge in [-0.05, 0) is 54.3 Å². The van der Waals surface area contributed by atoms with E-state index in [9.17, 15) is 0 Å². The van der Waals surface area contributed by atoms with E-state index in [0.29, 0.717) is 5.11 Å². The van der Waals surface area contributed by atoms with Gasteiger partial charge in [-0.3, -0.25) is 5.01 Å². The highest BCUT2D eigenvalue weighted by Crippen LogP contribution is 2.41. The van der Waals surface area contributed by atoms with Gasteiger partial charge in [0.15, 0.2) is 0 Å². The standard InChI is InChI=1S/C21H21N3S/c22-24-20(16-10-5-2-6-11-16)18-13-7-12-17(19(18)23-21(24)25)14-15-8-3-1-4-9-15/h1-6,8-11,14,18,20H,7,12-13,22H2. The number of allylic oxidation sites excluding steroid dienone is 1. The summed E-state index contributed by atoms with van der Waals surface area (Å²) in [6.45, 7) is 0. The number of thiocarbonyl (C=S) groups is 1. The number of aliphatic imine (C=N–C) groups is 1. The Labute approximate surface area is 153 Å². The van der Waals surface area contributed by atoms with Crippen molar-refractivity contribution >= 4 is 29.1 Å². The van der Waals surface area contributed by atoms with Gasteiger partial charge in [0.2, 0.25) is 5.11 Å². The topological polar surface area (TPSA) is 41.6 Å². The van der Waals surface area contributed by atoms with Gasteiger partial charge in [-0.1, -0.05) is 60.7 Å². The van der Waals surface area contributed by atoms with E-state index in [1.165, 1.54) is 16.7 Å². The van der Waals surface area contributed by atoms with Crippen molar-refractivity contribution in [1.29, 1.82) is 0 Å². The van der Waals surface area contributed by atoms with Crippen LogP contribution in [0.15, 0.2) is 71.2 Å². The first-order valence-electron chi connectivity index (χ1n) is 8.71. The average molecular weight is 347 g/mol. The Morgan fingerprint density at radius 1 is 1.04 bits per heavy atom. The summed E-state index contributed by atoms with van der Waals surface area (Å²) >= 11 is 5.48. The first-order chi connectivity index (χ1) is 12.2. The molecule has 4 rings (SSSR count). The molecule has 126 valence electrons. The van der Waals surface area contributed by atoms with Crippen LogP contribution in [0.3, 0.4) is 0 Å². The van der Waals surface area contributed by atoms with Gasteiger partial charge in [0.25, 0.3) is 0 Å². The number of nitrogens with two attached hydrogens (primary N) is 1. The molecule has 1 saturated carbocycles. The molecule has 2 aromatic carbocycles. The molecule has 0 spiro atoms. The highest BCUT2D eigenvalue weighted by Gasteiger charge is 2.39. The minimum atomic E-state index is 0.0562. The smallest absolute Gasteiger partial charge is 0.210 e. The molecule has 1 heterocycles. The molecule has 1 aliphatic heterocycles. The van der Waals surface area contributed by atoms with Crippen LogP contribution in [0.4, 0.5) is 0 Å². The molecule has 0 amide bonds. The first kappa shape index (κ1) is 16.2. The minimum Gasteiger partial charge on any atom is -0.277 e. The second kappa shape index (κ2) is 6.90. The van der Waals surface area contributed by atoms with Crippen molar-refractivity contribution in [3.63, 3.8) is 0 Å². The molecule has 1 fully saturated rings. The lowest BCUT2D eigenvalue weighted by Gasteiger charge is -2.42. The lowest BCUT2D eigenvalue weighted by molar-refractivity contribution is 0.253. The third-order valence-electron chi connectivity index (χ3n) is 5.04. The fraction of sp³-hybridized carbons (Fsp3) is 0.238. The summed E-state index contributed by atoms with van der Waals surface area (Å²) in [5.74, 6) is 6.61. The van der Waals surface area contributed by atoms with E-state index in [2.05, 4.69) is 54.6 Å². The summed E-state index contributed by atoms with van der Waals surface area (Å²) in [4.78, 5) is 4.72. The van der Waals surface area contributed by atoms with E-state index >= 15 is 0 Å². The van der Waals surface area contributed by atoms with Crippen molar-refractivity contribution < 1.29 is 0 Å². The van der Waals surface area contributed by atoms with Crippen LogP contribution in [-0.4, -0.2) is 15.8 Å². The monoisotopic (exact) mass is 347 g/mol. The maximum atomic E-state index is 6.33. The number of hydrogen-bond acceptors (Lipinski definition) is 2. The Morgan fingerprint density at radius 2 is 1.72 bits per heavy atom. The second-order valence-corrected chi connectivity index (χ2v) is 6.99. The van der Waals surface area contributed by atoms with E-state index in [1.807, 2.05) is 12.1 Å². The molecular weight excluding hydrogens is 326 g/mol. The fourth-order valence-electron chi connectivity index (χ4n) is 3.89. The van der Waals surface area contributed by atoms with Gasteiger partial charge < -0.3 is 0 Å². The van der Waals surface area contributed by atoms with E-state index in [1.54, 1.807) is 5.01 Å². The van der Waals surface area contributed by atoms with Gasteiger partial charge in [0.1, 0.15) is 0 Å². The molecule has 0 bridgehead atoms. The summed E-state index contributed by atoms with van der Waals surface area (Å²) in [5, 5.41) is 2.14. The molecule has 3 nitrogen and oxygen atoms in total. The van der Waals surface area contributed by atoms with Crippen molar-refractivity contribution in [1.82, 2.24) is 5.01 Å². The molecule has 0 aromatic heterocycles. The van der Waals surface area contributed by atoms with E-state index < -0.39 is 0 Å². The molecule has 25 heavy (non-hydrogen) atoms. The molecule has 0 saturated heterocycles. The lowest BCUT2D eigenvalue weighted by atomic mass is 9.75. The molecule has 2 atom stereocenters. The lowest BCUT2D eigenvalue weighted by Crippen LogP contribution is -2.49. The van der Waals surface area contributed by atoms with Gasteiger partial charge in [-0.2, -0.15) is 0 Å². The summed E-state index contributed by atoms with van der Waals surface area (Å²) in [7, 11) is 0. The Morgan fingerprint density at radius 3 is 2.44 bits per heavy atom. The summed E-state index contributed by atoms with van der Waals surface area (Å²) < 4.78 is 0. The predicted octanol–water partition coefficient (Wildman–Crippen LogP) is 4.53. The zero-order valence-electron chi connectivity index (χ0n) is 14.0. The molecule has 2 N–H and O–H groups in total. The average Bonchev–Trinajstić information content (AvgIpc) is 2.65. The van der Waals surface area contributed by atoms with Crippen LogP contribution >= 0.6 is 12.2 Å².